The first-order valence-corrected chi connectivity index (χ1v) is 11.0. The Labute approximate surface area is 181 Å². The van der Waals surface area contributed by atoms with Crippen LogP contribution in [0.4, 0.5) is 14.9 Å². The first-order valence-electron chi connectivity index (χ1n) is 11.0. The third kappa shape index (κ3) is 5.72. The minimum Gasteiger partial charge on any atom is -0.389 e. The summed E-state index contributed by atoms with van der Waals surface area (Å²) in [6, 6.07) is 5.15. The number of β-amino-alcohol motifs (C(OH)–C–C–N with tert-alkyl or cyclic N) is 1. The van der Waals surface area contributed by atoms with Gasteiger partial charge in [-0.15, -0.1) is 0 Å². The van der Waals surface area contributed by atoms with Crippen LogP contribution in [0.5, 0.6) is 0 Å². The van der Waals surface area contributed by atoms with Gasteiger partial charge in [-0.25, -0.2) is 9.18 Å². The van der Waals surface area contributed by atoms with E-state index in [1.807, 2.05) is 0 Å². The highest BCUT2D eigenvalue weighted by Gasteiger charge is 2.40. The van der Waals surface area contributed by atoms with Gasteiger partial charge in [0.2, 0.25) is 5.91 Å². The number of benzene rings is 1. The largest absolute Gasteiger partial charge is 0.389 e. The molecule has 1 aromatic carbocycles. The molecule has 3 aliphatic rings. The number of carbonyl (C=O) groups excluding carboxylic acids is 2. The van der Waals surface area contributed by atoms with Gasteiger partial charge in [0.05, 0.1) is 44.4 Å². The highest BCUT2D eigenvalue weighted by Crippen LogP contribution is 2.28. The van der Waals surface area contributed by atoms with Crippen molar-refractivity contribution in [1.29, 1.82) is 0 Å². The minimum atomic E-state index is -0.814. The minimum absolute atomic E-state index is 0.00115. The maximum atomic E-state index is 13.2. The molecular formula is C22H30FN3O5. The van der Waals surface area contributed by atoms with Gasteiger partial charge in [0.15, 0.2) is 0 Å². The van der Waals surface area contributed by atoms with E-state index in [0.717, 1.165) is 19.3 Å². The highest BCUT2D eigenvalue weighted by atomic mass is 19.1. The molecule has 0 spiro atoms. The van der Waals surface area contributed by atoms with Gasteiger partial charge < -0.3 is 30.1 Å². The van der Waals surface area contributed by atoms with Crippen molar-refractivity contribution in [3.63, 3.8) is 0 Å². The molecule has 1 saturated carbocycles. The van der Waals surface area contributed by atoms with Crippen LogP contribution in [0.3, 0.4) is 0 Å². The van der Waals surface area contributed by atoms with Crippen LogP contribution in [-0.4, -0.2) is 72.1 Å². The zero-order valence-corrected chi connectivity index (χ0v) is 17.5. The van der Waals surface area contributed by atoms with Gasteiger partial charge in [0.1, 0.15) is 11.9 Å². The predicted molar refractivity (Wildman–Crippen MR) is 111 cm³/mol. The predicted octanol–water partition coefficient (Wildman–Crippen LogP) is 2.03. The standard InChI is InChI=1S/C22H30FN3O5/c23-14-4-6-16(7-5-14)25-22(29)26-11-17(27)12-30-13-20-19(26)9-8-18(31-20)10-21(28)24-15-2-1-3-15/h4-7,15,17-20,27H,1-3,8-13H2,(H,24,28)(H,25,29)/t17-,18-,19+,20-/m1/s1. The van der Waals surface area contributed by atoms with Crippen LogP contribution in [0.15, 0.2) is 24.3 Å². The summed E-state index contributed by atoms with van der Waals surface area (Å²) in [4.78, 5) is 26.8. The Bertz CT molecular complexity index is 773. The van der Waals surface area contributed by atoms with Crippen LogP contribution < -0.4 is 10.6 Å². The number of nitrogens with one attached hydrogen (secondary N) is 2. The molecular weight excluding hydrogens is 405 g/mol. The second kappa shape index (κ2) is 9.93. The monoisotopic (exact) mass is 435 g/mol. The number of urea groups is 1. The summed E-state index contributed by atoms with van der Waals surface area (Å²) in [5, 5.41) is 16.0. The quantitative estimate of drug-likeness (QED) is 0.672. The van der Waals surface area contributed by atoms with Crippen molar-refractivity contribution in [2.45, 2.75) is 68.9 Å². The number of ether oxygens (including phenoxy) is 2. The molecule has 2 saturated heterocycles. The molecule has 0 aromatic heterocycles. The van der Waals surface area contributed by atoms with Crippen molar-refractivity contribution in [2.24, 2.45) is 0 Å². The highest BCUT2D eigenvalue weighted by molar-refractivity contribution is 5.89. The number of fused-ring (bicyclic) bond motifs is 1. The number of carbonyl (C=O) groups is 2. The lowest BCUT2D eigenvalue weighted by molar-refractivity contribution is -0.150. The SMILES string of the molecule is O=C(C[C@H]1CC[C@H]2[C@@H](COC[C@H](O)CN2C(=O)Nc2ccc(F)cc2)O1)NC1CCC1. The fourth-order valence-corrected chi connectivity index (χ4v) is 4.35. The van der Waals surface area contributed by atoms with E-state index in [0.29, 0.717) is 31.0 Å². The maximum Gasteiger partial charge on any atom is 0.322 e. The molecule has 0 unspecified atom stereocenters. The van der Waals surface area contributed by atoms with Crippen LogP contribution >= 0.6 is 0 Å². The molecule has 4 atom stereocenters. The van der Waals surface area contributed by atoms with E-state index in [9.17, 15) is 19.1 Å². The summed E-state index contributed by atoms with van der Waals surface area (Å²) in [6.07, 6.45) is 3.38. The van der Waals surface area contributed by atoms with Gasteiger partial charge in [-0.05, 0) is 56.4 Å². The first-order chi connectivity index (χ1) is 15.0. The average molecular weight is 435 g/mol. The number of rotatable bonds is 4. The van der Waals surface area contributed by atoms with Gasteiger partial charge in [-0.3, -0.25) is 4.79 Å². The van der Waals surface area contributed by atoms with Crippen molar-refractivity contribution < 1.29 is 28.6 Å². The summed E-state index contributed by atoms with van der Waals surface area (Å²) < 4.78 is 24.9. The van der Waals surface area contributed by atoms with E-state index in [-0.39, 0.29) is 55.8 Å². The number of anilines is 1. The van der Waals surface area contributed by atoms with Crippen LogP contribution in [-0.2, 0) is 14.3 Å². The molecule has 3 amide bonds. The number of nitrogens with zero attached hydrogens (tertiary/aromatic N) is 1. The van der Waals surface area contributed by atoms with Gasteiger partial charge in [0.25, 0.3) is 0 Å². The fourth-order valence-electron chi connectivity index (χ4n) is 4.35. The Kier molecular flexibility index (Phi) is 7.04. The average Bonchev–Trinajstić information content (AvgIpc) is 2.70. The normalized spacial score (nSPS) is 29.2. The Morgan fingerprint density at radius 2 is 1.90 bits per heavy atom. The molecule has 4 rings (SSSR count). The van der Waals surface area contributed by atoms with Crippen LogP contribution in [0.1, 0.15) is 38.5 Å². The molecule has 0 radical (unpaired) electrons. The van der Waals surface area contributed by atoms with Gasteiger partial charge in [-0.2, -0.15) is 0 Å². The van der Waals surface area contributed by atoms with E-state index in [1.165, 1.54) is 24.3 Å². The van der Waals surface area contributed by atoms with E-state index in [4.69, 9.17) is 9.47 Å². The molecule has 3 N–H and O–H groups in total. The molecule has 170 valence electrons. The number of amides is 3. The Morgan fingerprint density at radius 3 is 2.61 bits per heavy atom. The topological polar surface area (TPSA) is 100 Å². The van der Waals surface area contributed by atoms with E-state index in [1.54, 1.807) is 4.90 Å². The first kappa shape index (κ1) is 22.0. The molecule has 3 fully saturated rings. The summed E-state index contributed by atoms with van der Waals surface area (Å²) in [7, 11) is 0. The van der Waals surface area contributed by atoms with Crippen molar-refractivity contribution in [3.8, 4) is 0 Å². The van der Waals surface area contributed by atoms with Crippen molar-refractivity contribution in [3.05, 3.63) is 30.1 Å². The van der Waals surface area contributed by atoms with E-state index >= 15 is 0 Å². The van der Waals surface area contributed by atoms with E-state index < -0.39 is 6.10 Å². The zero-order valence-electron chi connectivity index (χ0n) is 17.5. The Balaban J connectivity index is 1.39. The third-order valence-electron chi connectivity index (χ3n) is 6.22. The van der Waals surface area contributed by atoms with Crippen molar-refractivity contribution in [1.82, 2.24) is 10.2 Å². The fraction of sp³-hybridized carbons (Fsp3) is 0.636. The van der Waals surface area contributed by atoms with Gasteiger partial charge in [0, 0.05) is 11.7 Å². The lowest BCUT2D eigenvalue weighted by Crippen LogP contribution is -2.58. The lowest BCUT2D eigenvalue weighted by Gasteiger charge is -2.44. The van der Waals surface area contributed by atoms with Crippen LogP contribution in [0, 0.1) is 5.82 Å². The number of halogens is 1. The molecule has 2 aliphatic heterocycles. The molecule has 1 aliphatic carbocycles. The number of aliphatic hydroxyl groups excluding tert-OH is 1. The van der Waals surface area contributed by atoms with Crippen molar-refractivity contribution in [2.75, 3.05) is 25.1 Å². The summed E-state index contributed by atoms with van der Waals surface area (Å²) in [6.45, 7) is 0.437. The molecule has 1 aromatic rings. The third-order valence-corrected chi connectivity index (χ3v) is 6.22. The second-order valence-electron chi connectivity index (χ2n) is 8.62. The number of aliphatic hydroxyl groups is 1. The zero-order chi connectivity index (χ0) is 21.8. The Morgan fingerprint density at radius 1 is 1.13 bits per heavy atom. The summed E-state index contributed by atoms with van der Waals surface area (Å²) in [5.41, 5.74) is 0.470. The summed E-state index contributed by atoms with van der Waals surface area (Å²) >= 11 is 0. The molecule has 2 heterocycles. The Hall–Kier alpha value is -2.23. The van der Waals surface area contributed by atoms with Crippen LogP contribution in [0.2, 0.25) is 0 Å². The molecule has 8 nitrogen and oxygen atoms in total. The molecule has 9 heteroatoms. The lowest BCUT2D eigenvalue weighted by atomic mass is 9.92. The maximum absolute atomic E-state index is 13.2. The second-order valence-corrected chi connectivity index (χ2v) is 8.62. The number of hydrogen-bond acceptors (Lipinski definition) is 5. The number of hydrogen-bond donors (Lipinski definition) is 3. The summed E-state index contributed by atoms with van der Waals surface area (Å²) in [5.74, 6) is -0.383. The van der Waals surface area contributed by atoms with Gasteiger partial charge in [-0.1, -0.05) is 0 Å². The van der Waals surface area contributed by atoms with Crippen LogP contribution in [0.25, 0.3) is 0 Å². The smallest absolute Gasteiger partial charge is 0.322 e. The molecule has 0 bridgehead atoms. The molecule has 31 heavy (non-hydrogen) atoms. The van der Waals surface area contributed by atoms with Gasteiger partial charge >= 0.3 is 6.03 Å². The van der Waals surface area contributed by atoms with E-state index in [2.05, 4.69) is 10.6 Å². The van der Waals surface area contributed by atoms with Crippen molar-refractivity contribution >= 4 is 17.6 Å².